The number of hydrogen-bond acceptors (Lipinski definition) is 2. The first kappa shape index (κ1) is 12.7. The van der Waals surface area contributed by atoms with E-state index >= 15 is 0 Å². The van der Waals surface area contributed by atoms with E-state index < -0.39 is 5.97 Å². The maximum atomic E-state index is 11.1. The Labute approximate surface area is 119 Å². The van der Waals surface area contributed by atoms with Gasteiger partial charge in [-0.25, -0.2) is 9.78 Å². The van der Waals surface area contributed by atoms with Gasteiger partial charge in [0.2, 0.25) is 0 Å². The van der Waals surface area contributed by atoms with Crippen molar-refractivity contribution in [3.8, 4) is 0 Å². The van der Waals surface area contributed by atoms with Crippen LogP contribution in [0.5, 0.6) is 0 Å². The van der Waals surface area contributed by atoms with E-state index in [9.17, 15) is 4.79 Å². The minimum Gasteiger partial charge on any atom is -0.478 e. The van der Waals surface area contributed by atoms with Crippen molar-refractivity contribution in [1.29, 1.82) is 0 Å². The fraction of sp³-hybridized carbons (Fsp3) is 0.429. The van der Waals surface area contributed by atoms with Gasteiger partial charge in [0, 0.05) is 12.1 Å². The number of pyridine rings is 1. The number of carboxylic acid groups (broad SMARTS) is 1. The lowest BCUT2D eigenvalue weighted by molar-refractivity contribution is 0.0696. The van der Waals surface area contributed by atoms with E-state index in [1.165, 1.54) is 19.3 Å². The van der Waals surface area contributed by atoms with Crippen molar-refractivity contribution in [3.05, 3.63) is 34.3 Å². The predicted molar refractivity (Wildman–Crippen MR) is 75.7 cm³/mol. The standard InChI is InChI=1S/C14H15BrN2O2/c15-12-11-7-6-10(14(18)19)8-17(11)13(16-12)9-4-2-1-3-5-9/h6-9H,1-5H2,(H,18,19). The molecule has 3 rings (SSSR count). The summed E-state index contributed by atoms with van der Waals surface area (Å²) in [5, 5.41) is 9.11. The number of halogens is 1. The minimum atomic E-state index is -0.902. The molecule has 0 bridgehead atoms. The van der Waals surface area contributed by atoms with Crippen LogP contribution in [0.25, 0.3) is 5.52 Å². The highest BCUT2D eigenvalue weighted by molar-refractivity contribution is 9.10. The van der Waals surface area contributed by atoms with Crippen molar-refractivity contribution in [1.82, 2.24) is 9.38 Å². The number of hydrogen-bond donors (Lipinski definition) is 1. The summed E-state index contributed by atoms with van der Waals surface area (Å²) in [6, 6.07) is 3.43. The zero-order valence-electron chi connectivity index (χ0n) is 10.5. The topological polar surface area (TPSA) is 54.6 Å². The largest absolute Gasteiger partial charge is 0.478 e. The Morgan fingerprint density at radius 2 is 2.05 bits per heavy atom. The molecule has 0 aromatic carbocycles. The van der Waals surface area contributed by atoms with Crippen LogP contribution in [0.1, 0.15) is 54.2 Å². The van der Waals surface area contributed by atoms with Gasteiger partial charge in [-0.05, 0) is 40.9 Å². The van der Waals surface area contributed by atoms with E-state index in [4.69, 9.17) is 5.11 Å². The summed E-state index contributed by atoms with van der Waals surface area (Å²) < 4.78 is 2.73. The van der Waals surface area contributed by atoms with Gasteiger partial charge in [0.1, 0.15) is 10.4 Å². The SMILES string of the molecule is O=C(O)c1ccc2c(Br)nc(C3CCCCC3)n2c1. The Balaban J connectivity index is 2.12. The van der Waals surface area contributed by atoms with Gasteiger partial charge in [-0.2, -0.15) is 0 Å². The molecule has 1 aliphatic rings. The van der Waals surface area contributed by atoms with Gasteiger partial charge in [-0.15, -0.1) is 0 Å². The van der Waals surface area contributed by atoms with E-state index in [1.807, 2.05) is 10.5 Å². The van der Waals surface area contributed by atoms with Gasteiger partial charge in [0.15, 0.2) is 0 Å². The summed E-state index contributed by atoms with van der Waals surface area (Å²) in [5.41, 5.74) is 1.24. The summed E-state index contributed by atoms with van der Waals surface area (Å²) in [4.78, 5) is 15.7. The maximum Gasteiger partial charge on any atom is 0.337 e. The molecule has 0 spiro atoms. The summed E-state index contributed by atoms with van der Waals surface area (Å²) in [7, 11) is 0. The molecule has 1 fully saturated rings. The molecule has 1 N–H and O–H groups in total. The number of imidazole rings is 1. The number of nitrogens with zero attached hydrogens (tertiary/aromatic N) is 2. The maximum absolute atomic E-state index is 11.1. The molecule has 100 valence electrons. The lowest BCUT2D eigenvalue weighted by atomic mass is 9.89. The van der Waals surface area contributed by atoms with Crippen LogP contribution in [0.3, 0.4) is 0 Å². The fourth-order valence-corrected chi connectivity index (χ4v) is 3.35. The molecule has 5 heteroatoms. The summed E-state index contributed by atoms with van der Waals surface area (Å²) >= 11 is 3.47. The van der Waals surface area contributed by atoms with Gasteiger partial charge in [-0.3, -0.25) is 0 Å². The van der Waals surface area contributed by atoms with Crippen LogP contribution in [0.2, 0.25) is 0 Å². The van der Waals surface area contributed by atoms with Crippen LogP contribution >= 0.6 is 15.9 Å². The van der Waals surface area contributed by atoms with E-state index in [1.54, 1.807) is 12.3 Å². The third-order valence-electron chi connectivity index (χ3n) is 3.84. The Morgan fingerprint density at radius 1 is 1.32 bits per heavy atom. The Morgan fingerprint density at radius 3 is 2.74 bits per heavy atom. The quantitative estimate of drug-likeness (QED) is 0.913. The molecule has 0 aliphatic heterocycles. The van der Waals surface area contributed by atoms with Crippen LogP contribution in [-0.4, -0.2) is 20.5 Å². The lowest BCUT2D eigenvalue weighted by Gasteiger charge is -2.20. The van der Waals surface area contributed by atoms with Gasteiger partial charge < -0.3 is 9.51 Å². The Hall–Kier alpha value is -1.36. The third kappa shape index (κ3) is 2.27. The molecule has 0 atom stereocenters. The zero-order chi connectivity index (χ0) is 13.4. The average Bonchev–Trinajstić information content (AvgIpc) is 2.77. The smallest absolute Gasteiger partial charge is 0.337 e. The van der Waals surface area contributed by atoms with Crippen molar-refractivity contribution >= 4 is 27.4 Å². The number of rotatable bonds is 2. The molecule has 4 nitrogen and oxygen atoms in total. The van der Waals surface area contributed by atoms with Crippen LogP contribution < -0.4 is 0 Å². The second-order valence-electron chi connectivity index (χ2n) is 5.07. The normalized spacial score (nSPS) is 16.9. The fourth-order valence-electron chi connectivity index (χ4n) is 2.85. The number of carboxylic acids is 1. The molecule has 0 amide bonds. The first-order valence-corrected chi connectivity index (χ1v) is 7.37. The van der Waals surface area contributed by atoms with Gasteiger partial charge in [0.05, 0.1) is 11.1 Å². The van der Waals surface area contributed by atoms with Crippen molar-refractivity contribution < 1.29 is 9.90 Å². The molecule has 0 radical (unpaired) electrons. The molecule has 19 heavy (non-hydrogen) atoms. The van der Waals surface area contributed by atoms with E-state index in [-0.39, 0.29) is 0 Å². The highest BCUT2D eigenvalue weighted by Gasteiger charge is 2.22. The van der Waals surface area contributed by atoms with Gasteiger partial charge in [0.25, 0.3) is 0 Å². The number of carbonyl (C=O) groups is 1. The molecule has 0 saturated heterocycles. The molecule has 1 saturated carbocycles. The monoisotopic (exact) mass is 322 g/mol. The number of aromatic nitrogens is 2. The highest BCUT2D eigenvalue weighted by atomic mass is 79.9. The van der Waals surface area contributed by atoms with Crippen molar-refractivity contribution in [3.63, 3.8) is 0 Å². The van der Waals surface area contributed by atoms with Crippen molar-refractivity contribution in [2.45, 2.75) is 38.0 Å². The van der Waals surface area contributed by atoms with Gasteiger partial charge in [-0.1, -0.05) is 19.3 Å². The summed E-state index contributed by atoms with van der Waals surface area (Å²) in [6.45, 7) is 0. The molecule has 2 aromatic rings. The number of aromatic carboxylic acids is 1. The highest BCUT2D eigenvalue weighted by Crippen LogP contribution is 2.34. The molecular formula is C14H15BrN2O2. The molecule has 1 aliphatic carbocycles. The average molecular weight is 323 g/mol. The first-order chi connectivity index (χ1) is 9.16. The summed E-state index contributed by atoms with van der Waals surface area (Å²) in [5.74, 6) is 0.530. The summed E-state index contributed by atoms with van der Waals surface area (Å²) in [6.07, 6.45) is 7.72. The molecule has 0 unspecified atom stereocenters. The Kier molecular flexibility index (Phi) is 3.31. The molecular weight excluding hydrogens is 308 g/mol. The first-order valence-electron chi connectivity index (χ1n) is 6.57. The van der Waals surface area contributed by atoms with Gasteiger partial charge >= 0.3 is 5.97 Å². The van der Waals surface area contributed by atoms with Crippen LogP contribution in [0.15, 0.2) is 22.9 Å². The molecule has 2 heterocycles. The van der Waals surface area contributed by atoms with Crippen molar-refractivity contribution in [2.24, 2.45) is 0 Å². The van der Waals surface area contributed by atoms with E-state index in [0.29, 0.717) is 11.5 Å². The lowest BCUT2D eigenvalue weighted by Crippen LogP contribution is -2.09. The zero-order valence-corrected chi connectivity index (χ0v) is 12.1. The van der Waals surface area contributed by atoms with E-state index in [0.717, 1.165) is 28.8 Å². The van der Waals surface area contributed by atoms with Crippen molar-refractivity contribution in [2.75, 3.05) is 0 Å². The van der Waals surface area contributed by atoms with Crippen LogP contribution in [0, 0.1) is 0 Å². The third-order valence-corrected chi connectivity index (χ3v) is 4.42. The second-order valence-corrected chi connectivity index (χ2v) is 5.83. The molecule has 2 aromatic heterocycles. The predicted octanol–water partition coefficient (Wildman–Crippen LogP) is 3.84. The van der Waals surface area contributed by atoms with Crippen LogP contribution in [0.4, 0.5) is 0 Å². The second kappa shape index (κ2) is 4.96. The Bertz CT molecular complexity index is 630. The van der Waals surface area contributed by atoms with Crippen LogP contribution in [-0.2, 0) is 0 Å². The number of fused-ring (bicyclic) bond motifs is 1. The van der Waals surface area contributed by atoms with E-state index in [2.05, 4.69) is 20.9 Å². The minimum absolute atomic E-state index is 0.300.